The van der Waals surface area contributed by atoms with Crippen molar-refractivity contribution in [2.24, 2.45) is 5.92 Å². The number of aromatic nitrogens is 1. The second-order valence-corrected chi connectivity index (χ2v) is 5.62. The fourth-order valence-corrected chi connectivity index (χ4v) is 2.85. The molecule has 0 aromatic carbocycles. The predicted octanol–water partition coefficient (Wildman–Crippen LogP) is 2.80. The molecule has 114 valence electrons. The van der Waals surface area contributed by atoms with Crippen LogP contribution in [0, 0.1) is 5.92 Å². The van der Waals surface area contributed by atoms with Gasteiger partial charge in [-0.2, -0.15) is 0 Å². The average Bonchev–Trinajstić information content (AvgIpc) is 2.46. The van der Waals surface area contributed by atoms with Crippen LogP contribution in [-0.2, 0) is 9.53 Å². The van der Waals surface area contributed by atoms with E-state index in [0.29, 0.717) is 25.3 Å². The number of esters is 1. The summed E-state index contributed by atoms with van der Waals surface area (Å²) in [6, 6.07) is 2.95. The summed E-state index contributed by atoms with van der Waals surface area (Å²) in [6.45, 7) is 3.07. The van der Waals surface area contributed by atoms with E-state index >= 15 is 0 Å². The maximum atomic E-state index is 12.5. The quantitative estimate of drug-likeness (QED) is 0.631. The molecule has 0 radical (unpaired) electrons. The smallest absolute Gasteiger partial charge is 0.310 e. The van der Waals surface area contributed by atoms with Crippen molar-refractivity contribution in [1.82, 2.24) is 9.88 Å². The van der Waals surface area contributed by atoms with E-state index in [1.165, 1.54) is 12.1 Å². The molecule has 0 spiro atoms. The summed E-state index contributed by atoms with van der Waals surface area (Å²) in [6.07, 6.45) is 1.50. The lowest BCUT2D eigenvalue weighted by Crippen LogP contribution is -2.42. The number of amides is 1. The Bertz CT molecular complexity index is 531. The van der Waals surface area contributed by atoms with Gasteiger partial charge >= 0.3 is 5.97 Å². The molecule has 0 aliphatic carbocycles. The number of hydrogen-bond donors (Lipinski definition) is 0. The minimum atomic E-state index is -0.268. The molecule has 1 amide bonds. The normalized spacial score (nSPS) is 18.4. The number of rotatable bonds is 3. The summed E-state index contributed by atoms with van der Waals surface area (Å²) >= 11 is 11.6. The van der Waals surface area contributed by atoms with Crippen molar-refractivity contribution in [3.63, 3.8) is 0 Å². The number of nitrogens with zero attached hydrogens (tertiary/aromatic N) is 2. The molecule has 1 aromatic rings. The van der Waals surface area contributed by atoms with E-state index < -0.39 is 0 Å². The van der Waals surface area contributed by atoms with Gasteiger partial charge in [-0.1, -0.05) is 23.2 Å². The van der Waals surface area contributed by atoms with Crippen LogP contribution in [0.15, 0.2) is 12.1 Å². The fourth-order valence-electron chi connectivity index (χ4n) is 2.39. The molecule has 7 heteroatoms. The Balaban J connectivity index is 2.10. The highest BCUT2D eigenvalue weighted by molar-refractivity contribution is 6.33. The number of halogens is 2. The van der Waals surface area contributed by atoms with Gasteiger partial charge in [0.2, 0.25) is 0 Å². The first-order valence-electron chi connectivity index (χ1n) is 6.80. The third-order valence-corrected chi connectivity index (χ3v) is 3.73. The third-order valence-electron chi connectivity index (χ3n) is 3.34. The van der Waals surface area contributed by atoms with Crippen molar-refractivity contribution in [3.05, 3.63) is 28.0 Å². The van der Waals surface area contributed by atoms with Crippen LogP contribution >= 0.6 is 23.2 Å². The minimum absolute atomic E-state index is 0.171. The van der Waals surface area contributed by atoms with Gasteiger partial charge in [0.25, 0.3) is 5.91 Å². The van der Waals surface area contributed by atoms with Crippen molar-refractivity contribution in [1.29, 1.82) is 0 Å². The summed E-state index contributed by atoms with van der Waals surface area (Å²) in [7, 11) is 0. The van der Waals surface area contributed by atoms with Gasteiger partial charge in [0.15, 0.2) is 0 Å². The van der Waals surface area contributed by atoms with Crippen LogP contribution in [-0.4, -0.2) is 41.5 Å². The highest BCUT2D eigenvalue weighted by atomic mass is 35.5. The summed E-state index contributed by atoms with van der Waals surface area (Å²) in [5.74, 6) is -0.716. The lowest BCUT2D eigenvalue weighted by atomic mass is 9.97. The van der Waals surface area contributed by atoms with Crippen LogP contribution in [0.5, 0.6) is 0 Å². The predicted molar refractivity (Wildman–Crippen MR) is 79.5 cm³/mol. The topological polar surface area (TPSA) is 59.5 Å². The molecule has 0 unspecified atom stereocenters. The van der Waals surface area contributed by atoms with E-state index in [0.717, 1.165) is 12.8 Å². The molecule has 1 aliphatic heterocycles. The Morgan fingerprint density at radius 3 is 2.67 bits per heavy atom. The molecule has 1 fully saturated rings. The summed E-state index contributed by atoms with van der Waals surface area (Å²) in [5, 5.41) is 0.342. The number of carbonyl (C=O) groups excluding carboxylic acids is 2. The molecule has 1 aliphatic rings. The van der Waals surface area contributed by atoms with Crippen molar-refractivity contribution in [2.45, 2.75) is 19.8 Å². The van der Waals surface area contributed by atoms with Crippen LogP contribution in [0.1, 0.15) is 30.1 Å². The molecule has 0 saturated carbocycles. The second kappa shape index (κ2) is 7.09. The first kappa shape index (κ1) is 16.0. The maximum Gasteiger partial charge on any atom is 0.310 e. The average molecular weight is 331 g/mol. The van der Waals surface area contributed by atoms with Crippen molar-refractivity contribution < 1.29 is 14.3 Å². The zero-order valence-corrected chi connectivity index (χ0v) is 13.2. The minimum Gasteiger partial charge on any atom is -0.466 e. The highest BCUT2D eigenvalue weighted by Gasteiger charge is 2.30. The summed E-state index contributed by atoms with van der Waals surface area (Å²) < 4.78 is 5.02. The van der Waals surface area contributed by atoms with Gasteiger partial charge in [0.05, 0.1) is 12.5 Å². The first-order chi connectivity index (χ1) is 10.0. The van der Waals surface area contributed by atoms with Crippen LogP contribution in [0.2, 0.25) is 10.3 Å². The number of carbonyl (C=O) groups is 2. The maximum absolute atomic E-state index is 12.5. The number of hydrogen-bond acceptors (Lipinski definition) is 4. The molecule has 0 N–H and O–H groups in total. The first-order valence-corrected chi connectivity index (χ1v) is 7.56. The SMILES string of the molecule is CCOC(=O)[C@H]1CCCN(C(=O)c2cc(Cl)nc(Cl)c2)C1. The zero-order chi connectivity index (χ0) is 15.4. The Hall–Kier alpha value is -1.33. The van der Waals surface area contributed by atoms with E-state index in [9.17, 15) is 9.59 Å². The highest BCUT2D eigenvalue weighted by Crippen LogP contribution is 2.22. The number of ether oxygens (including phenoxy) is 1. The number of piperidine rings is 1. The van der Waals surface area contributed by atoms with Crippen molar-refractivity contribution in [2.75, 3.05) is 19.7 Å². The van der Waals surface area contributed by atoms with Crippen molar-refractivity contribution >= 4 is 35.1 Å². The zero-order valence-electron chi connectivity index (χ0n) is 11.6. The number of likely N-dealkylation sites (tertiary alicyclic amines) is 1. The molecular formula is C14H16Cl2N2O3. The second-order valence-electron chi connectivity index (χ2n) is 4.84. The Morgan fingerprint density at radius 1 is 1.38 bits per heavy atom. The van der Waals surface area contributed by atoms with Crippen LogP contribution in [0.4, 0.5) is 0 Å². The largest absolute Gasteiger partial charge is 0.466 e. The lowest BCUT2D eigenvalue weighted by molar-refractivity contribution is -0.149. The van der Waals surface area contributed by atoms with E-state index in [-0.39, 0.29) is 28.1 Å². The van der Waals surface area contributed by atoms with E-state index in [2.05, 4.69) is 4.98 Å². The van der Waals surface area contributed by atoms with Gasteiger partial charge in [-0.05, 0) is 31.9 Å². The summed E-state index contributed by atoms with van der Waals surface area (Å²) in [5.41, 5.74) is 0.379. The van der Waals surface area contributed by atoms with E-state index in [4.69, 9.17) is 27.9 Å². The molecule has 1 atom stereocenters. The third kappa shape index (κ3) is 4.08. The van der Waals surface area contributed by atoms with Crippen molar-refractivity contribution in [3.8, 4) is 0 Å². The Morgan fingerprint density at radius 2 is 2.05 bits per heavy atom. The summed E-state index contributed by atoms with van der Waals surface area (Å²) in [4.78, 5) is 29.7. The Kier molecular flexibility index (Phi) is 5.42. The molecule has 2 rings (SSSR count). The lowest BCUT2D eigenvalue weighted by Gasteiger charge is -2.31. The Labute approximate surface area is 133 Å². The molecule has 0 bridgehead atoms. The standard InChI is InChI=1S/C14H16Cl2N2O3/c1-2-21-14(20)9-4-3-5-18(8-9)13(19)10-6-11(15)17-12(16)7-10/h6-7,9H,2-5,8H2,1H3/t9-/m0/s1. The van der Waals surface area contributed by atoms with Crippen LogP contribution in [0.25, 0.3) is 0 Å². The molecule has 1 aromatic heterocycles. The van der Waals surface area contributed by atoms with Gasteiger partial charge in [0, 0.05) is 18.7 Å². The van der Waals surface area contributed by atoms with Gasteiger partial charge < -0.3 is 9.64 Å². The van der Waals surface area contributed by atoms with Gasteiger partial charge in [-0.25, -0.2) is 4.98 Å². The number of pyridine rings is 1. The molecule has 2 heterocycles. The van der Waals surface area contributed by atoms with Gasteiger partial charge in [-0.3, -0.25) is 9.59 Å². The van der Waals surface area contributed by atoms with Gasteiger partial charge in [0.1, 0.15) is 10.3 Å². The van der Waals surface area contributed by atoms with E-state index in [1.54, 1.807) is 11.8 Å². The van der Waals surface area contributed by atoms with E-state index in [1.807, 2.05) is 0 Å². The molecule has 5 nitrogen and oxygen atoms in total. The molecular weight excluding hydrogens is 315 g/mol. The van der Waals surface area contributed by atoms with Crippen LogP contribution in [0.3, 0.4) is 0 Å². The fraction of sp³-hybridized carbons (Fsp3) is 0.500. The monoisotopic (exact) mass is 330 g/mol. The molecule has 21 heavy (non-hydrogen) atoms. The van der Waals surface area contributed by atoms with Gasteiger partial charge in [-0.15, -0.1) is 0 Å². The van der Waals surface area contributed by atoms with Crippen LogP contribution < -0.4 is 0 Å². The molecule has 1 saturated heterocycles.